The van der Waals surface area contributed by atoms with Crippen LogP contribution >= 0.6 is 0 Å². The fourth-order valence-corrected chi connectivity index (χ4v) is 3.11. The molecule has 17 nitrogen and oxygen atoms in total. The van der Waals surface area contributed by atoms with Gasteiger partial charge in [-0.2, -0.15) is 0 Å². The van der Waals surface area contributed by atoms with Crippen molar-refractivity contribution in [3.63, 3.8) is 0 Å². The van der Waals surface area contributed by atoms with E-state index in [1.165, 1.54) is 0 Å². The SMILES string of the molecule is CC(C)(C)OC(=O)COCCOCCOCCOCCOCCOCCOCCOCCOCCOCCOC(=O)CCC(=O)C(=O)O. The maximum atomic E-state index is 11.5. The van der Waals surface area contributed by atoms with Crippen molar-refractivity contribution in [2.24, 2.45) is 0 Å². The highest BCUT2D eigenvalue weighted by atomic mass is 16.6. The van der Waals surface area contributed by atoms with Crippen LogP contribution in [0.4, 0.5) is 0 Å². The van der Waals surface area contributed by atoms with Crippen LogP contribution in [0.5, 0.6) is 0 Å². The molecule has 0 saturated heterocycles. The smallest absolute Gasteiger partial charge is 0.372 e. The van der Waals surface area contributed by atoms with Gasteiger partial charge >= 0.3 is 17.9 Å². The maximum absolute atomic E-state index is 11.5. The fourth-order valence-electron chi connectivity index (χ4n) is 3.11. The highest BCUT2D eigenvalue weighted by Gasteiger charge is 2.16. The average Bonchev–Trinajstić information content (AvgIpc) is 3.03. The molecule has 0 aromatic rings. The van der Waals surface area contributed by atoms with Gasteiger partial charge in [-0.3, -0.25) is 9.59 Å². The van der Waals surface area contributed by atoms with E-state index in [-0.39, 0.29) is 32.7 Å². The van der Waals surface area contributed by atoms with E-state index in [1.54, 1.807) is 20.8 Å². The molecule has 0 radical (unpaired) electrons. The largest absolute Gasteiger partial charge is 0.476 e. The Morgan fingerprint density at radius 1 is 0.417 bits per heavy atom. The molecule has 0 atom stereocenters. The first-order valence-corrected chi connectivity index (χ1v) is 16.0. The molecular formula is C31H56O17. The van der Waals surface area contributed by atoms with Gasteiger partial charge in [-0.25, -0.2) is 9.59 Å². The van der Waals surface area contributed by atoms with E-state index in [4.69, 9.17) is 61.9 Å². The quantitative estimate of drug-likeness (QED) is 0.0537. The minimum Gasteiger partial charge on any atom is -0.476 e. The third-order valence-electron chi connectivity index (χ3n) is 5.27. The molecule has 0 heterocycles. The molecule has 282 valence electrons. The number of hydrogen-bond donors (Lipinski definition) is 1. The number of Topliss-reactive ketones (excluding diaryl/α,β-unsaturated/α-hetero) is 1. The molecule has 0 unspecified atom stereocenters. The van der Waals surface area contributed by atoms with Crippen LogP contribution in [0.25, 0.3) is 0 Å². The monoisotopic (exact) mass is 700 g/mol. The van der Waals surface area contributed by atoms with Crippen molar-refractivity contribution in [1.82, 2.24) is 0 Å². The van der Waals surface area contributed by atoms with Crippen molar-refractivity contribution in [3.05, 3.63) is 0 Å². The molecule has 0 saturated carbocycles. The van der Waals surface area contributed by atoms with E-state index in [9.17, 15) is 19.2 Å². The van der Waals surface area contributed by atoms with Crippen LogP contribution in [-0.4, -0.2) is 173 Å². The number of rotatable bonds is 36. The van der Waals surface area contributed by atoms with E-state index in [0.717, 1.165) is 0 Å². The first kappa shape index (κ1) is 45.7. The van der Waals surface area contributed by atoms with Crippen LogP contribution in [0.15, 0.2) is 0 Å². The Balaban J connectivity index is 3.17. The third-order valence-corrected chi connectivity index (χ3v) is 5.27. The summed E-state index contributed by atoms with van der Waals surface area (Å²) in [5.41, 5.74) is -0.522. The van der Waals surface area contributed by atoms with Gasteiger partial charge in [-0.1, -0.05) is 0 Å². The molecule has 48 heavy (non-hydrogen) atoms. The zero-order valence-electron chi connectivity index (χ0n) is 28.7. The minimum atomic E-state index is -1.57. The number of esters is 2. The zero-order valence-corrected chi connectivity index (χ0v) is 28.7. The van der Waals surface area contributed by atoms with Crippen LogP contribution in [0.2, 0.25) is 0 Å². The second-order valence-corrected chi connectivity index (χ2v) is 10.6. The number of ether oxygens (including phenoxy) is 12. The summed E-state index contributed by atoms with van der Waals surface area (Å²) in [6, 6.07) is 0. The van der Waals surface area contributed by atoms with Crippen molar-refractivity contribution >= 4 is 23.7 Å². The lowest BCUT2D eigenvalue weighted by Gasteiger charge is -2.19. The molecule has 17 heteroatoms. The van der Waals surface area contributed by atoms with Crippen LogP contribution in [0.3, 0.4) is 0 Å². The second-order valence-electron chi connectivity index (χ2n) is 10.6. The zero-order chi connectivity index (χ0) is 35.6. The van der Waals surface area contributed by atoms with Crippen molar-refractivity contribution in [1.29, 1.82) is 0 Å². The van der Waals surface area contributed by atoms with Gasteiger partial charge in [0.1, 0.15) is 18.8 Å². The summed E-state index contributed by atoms with van der Waals surface area (Å²) >= 11 is 0. The first-order chi connectivity index (χ1) is 23.1. The predicted octanol–water partition coefficient (Wildman–Crippen LogP) is 0.471. The third kappa shape index (κ3) is 36.5. The summed E-state index contributed by atoms with van der Waals surface area (Å²) in [4.78, 5) is 44.1. The molecule has 0 aromatic carbocycles. The van der Waals surface area contributed by atoms with Gasteiger partial charge in [0.2, 0.25) is 5.78 Å². The van der Waals surface area contributed by atoms with E-state index in [2.05, 4.69) is 0 Å². The molecule has 0 amide bonds. The first-order valence-electron chi connectivity index (χ1n) is 16.0. The molecule has 0 fully saturated rings. The van der Waals surface area contributed by atoms with Crippen molar-refractivity contribution in [3.8, 4) is 0 Å². The molecule has 0 bridgehead atoms. The minimum absolute atomic E-state index is 0.00875. The average molecular weight is 701 g/mol. The number of carbonyl (C=O) groups excluding carboxylic acids is 3. The van der Waals surface area contributed by atoms with E-state index >= 15 is 0 Å². The normalized spacial score (nSPS) is 11.5. The van der Waals surface area contributed by atoms with Gasteiger partial charge in [0.25, 0.3) is 0 Å². The highest BCUT2D eigenvalue weighted by molar-refractivity contribution is 6.32. The van der Waals surface area contributed by atoms with Gasteiger partial charge in [0.05, 0.1) is 132 Å². The van der Waals surface area contributed by atoms with Crippen molar-refractivity contribution in [2.75, 3.05) is 139 Å². The maximum Gasteiger partial charge on any atom is 0.372 e. The van der Waals surface area contributed by atoms with Gasteiger partial charge < -0.3 is 61.9 Å². The fraction of sp³-hybridized carbons (Fsp3) is 0.871. The Hall–Kier alpha value is -2.32. The molecule has 0 spiro atoms. The van der Waals surface area contributed by atoms with E-state index in [1.807, 2.05) is 0 Å². The second kappa shape index (κ2) is 33.2. The molecule has 0 aliphatic heterocycles. The Labute approximate surface area is 282 Å². The Morgan fingerprint density at radius 2 is 0.708 bits per heavy atom. The van der Waals surface area contributed by atoms with Gasteiger partial charge in [0, 0.05) is 6.42 Å². The molecule has 1 N–H and O–H groups in total. The summed E-state index contributed by atoms with van der Waals surface area (Å²) in [5.74, 6) is -3.65. The number of carbonyl (C=O) groups is 4. The number of ketones is 1. The summed E-state index contributed by atoms with van der Waals surface area (Å²) in [7, 11) is 0. The standard InChI is InChI=1S/C31H56O17/c1-31(2,3)48-29(34)26-46-23-22-44-19-18-42-15-14-40-11-10-38-7-6-37-8-9-39-12-13-41-16-17-43-20-21-45-24-25-47-28(33)5-4-27(32)30(35)36/h4-26H2,1-3H3,(H,35,36). The van der Waals surface area contributed by atoms with E-state index in [0.29, 0.717) is 119 Å². The number of aliphatic carboxylic acids is 1. The molecule has 0 aliphatic rings. The lowest BCUT2D eigenvalue weighted by atomic mass is 10.2. The molecule has 0 aliphatic carbocycles. The van der Waals surface area contributed by atoms with Gasteiger partial charge in [-0.15, -0.1) is 0 Å². The lowest BCUT2D eigenvalue weighted by Crippen LogP contribution is -2.27. The van der Waals surface area contributed by atoms with Crippen molar-refractivity contribution in [2.45, 2.75) is 39.2 Å². The summed E-state index contributed by atoms with van der Waals surface area (Å²) in [6.07, 6.45) is -0.668. The Bertz CT molecular complexity index is 802. The molecular weight excluding hydrogens is 644 g/mol. The molecule has 0 rings (SSSR count). The highest BCUT2D eigenvalue weighted by Crippen LogP contribution is 2.06. The number of carboxylic acid groups (broad SMARTS) is 1. The topological polar surface area (TPSA) is 199 Å². The number of carboxylic acids is 1. The van der Waals surface area contributed by atoms with Crippen LogP contribution in [0.1, 0.15) is 33.6 Å². The summed E-state index contributed by atoms with van der Waals surface area (Å²) in [5, 5.41) is 8.44. The van der Waals surface area contributed by atoms with Gasteiger partial charge in [0.15, 0.2) is 0 Å². The van der Waals surface area contributed by atoms with E-state index < -0.39 is 29.3 Å². The summed E-state index contributed by atoms with van der Waals surface area (Å²) < 4.78 is 63.7. The van der Waals surface area contributed by atoms with Crippen LogP contribution < -0.4 is 0 Å². The van der Waals surface area contributed by atoms with Crippen LogP contribution in [0, 0.1) is 0 Å². The molecule has 0 aromatic heterocycles. The Kier molecular flexibility index (Phi) is 31.6. The Morgan fingerprint density at radius 3 is 1.00 bits per heavy atom. The van der Waals surface area contributed by atoms with Crippen LogP contribution in [-0.2, 0) is 76.0 Å². The van der Waals surface area contributed by atoms with Crippen molar-refractivity contribution < 1.29 is 81.1 Å². The lowest BCUT2D eigenvalue weighted by molar-refractivity contribution is -0.160. The predicted molar refractivity (Wildman–Crippen MR) is 167 cm³/mol. The summed E-state index contributed by atoms with van der Waals surface area (Å²) in [6.45, 7) is 13.0. The number of hydrogen-bond acceptors (Lipinski definition) is 16. The van der Waals surface area contributed by atoms with Gasteiger partial charge in [-0.05, 0) is 20.8 Å².